The van der Waals surface area contributed by atoms with Crippen molar-refractivity contribution in [2.45, 2.75) is 24.9 Å². The number of amides is 1. The van der Waals surface area contributed by atoms with E-state index in [9.17, 15) is 14.7 Å². The third-order valence-corrected chi connectivity index (χ3v) is 3.99. The van der Waals surface area contributed by atoms with Crippen molar-refractivity contribution in [1.82, 2.24) is 4.90 Å². The van der Waals surface area contributed by atoms with Crippen LogP contribution in [0, 0.1) is 0 Å². The summed E-state index contributed by atoms with van der Waals surface area (Å²) in [5.74, 6) is -1.18. The lowest BCUT2D eigenvalue weighted by molar-refractivity contribution is -0.163. The molecule has 1 aromatic carbocycles. The summed E-state index contributed by atoms with van der Waals surface area (Å²) in [7, 11) is 0. The van der Waals surface area contributed by atoms with E-state index in [0.717, 1.165) is 11.1 Å². The van der Waals surface area contributed by atoms with Gasteiger partial charge < -0.3 is 20.5 Å². The molecule has 2 aliphatic rings. The predicted molar refractivity (Wildman–Crippen MR) is 71.0 cm³/mol. The largest absolute Gasteiger partial charge is 0.480 e. The Bertz CT molecular complexity index is 572. The number of hydrogen-bond donors (Lipinski definition) is 2. The molecule has 6 heteroatoms. The van der Waals surface area contributed by atoms with E-state index in [4.69, 9.17) is 10.5 Å². The Morgan fingerprint density at radius 1 is 1.35 bits per heavy atom. The summed E-state index contributed by atoms with van der Waals surface area (Å²) in [4.78, 5) is 25.1. The second-order valence-electron chi connectivity index (χ2n) is 5.12. The SMILES string of the molecule is Nc1cccc2c1CCC(=O)N1C(C(=O)O)COCC21. The van der Waals surface area contributed by atoms with Gasteiger partial charge in [0.05, 0.1) is 19.3 Å². The number of carboxylic acids is 1. The van der Waals surface area contributed by atoms with E-state index in [1.54, 1.807) is 6.07 Å². The Morgan fingerprint density at radius 3 is 2.90 bits per heavy atom. The number of nitrogens with zero attached hydrogens (tertiary/aromatic N) is 1. The van der Waals surface area contributed by atoms with E-state index in [-0.39, 0.29) is 25.0 Å². The van der Waals surface area contributed by atoms with Gasteiger partial charge in [-0.3, -0.25) is 4.79 Å². The molecular weight excluding hydrogens is 260 g/mol. The highest BCUT2D eigenvalue weighted by molar-refractivity contribution is 5.85. The van der Waals surface area contributed by atoms with Gasteiger partial charge in [0.15, 0.2) is 6.04 Å². The van der Waals surface area contributed by atoms with Gasteiger partial charge in [0.1, 0.15) is 0 Å². The van der Waals surface area contributed by atoms with E-state index in [1.165, 1.54) is 4.90 Å². The van der Waals surface area contributed by atoms with Gasteiger partial charge in [-0.15, -0.1) is 0 Å². The number of benzene rings is 1. The minimum absolute atomic E-state index is 0.0369. The van der Waals surface area contributed by atoms with Gasteiger partial charge in [-0.1, -0.05) is 12.1 Å². The van der Waals surface area contributed by atoms with Crippen LogP contribution in [0.4, 0.5) is 5.69 Å². The number of nitrogen functional groups attached to an aromatic ring is 1. The van der Waals surface area contributed by atoms with Crippen LogP contribution in [0.5, 0.6) is 0 Å². The molecule has 1 aromatic rings. The molecule has 2 heterocycles. The van der Waals surface area contributed by atoms with Crippen LogP contribution in [0.1, 0.15) is 23.6 Å². The molecule has 2 aliphatic heterocycles. The van der Waals surface area contributed by atoms with Gasteiger partial charge in [0, 0.05) is 12.1 Å². The monoisotopic (exact) mass is 276 g/mol. The summed E-state index contributed by atoms with van der Waals surface area (Å²) < 4.78 is 5.40. The number of hydrogen-bond acceptors (Lipinski definition) is 4. The van der Waals surface area contributed by atoms with Gasteiger partial charge >= 0.3 is 5.97 Å². The first-order valence-electron chi connectivity index (χ1n) is 6.58. The lowest BCUT2D eigenvalue weighted by Crippen LogP contribution is -2.53. The number of carboxylic acid groups (broad SMARTS) is 1. The summed E-state index contributed by atoms with van der Waals surface area (Å²) in [5, 5.41) is 9.29. The highest BCUT2D eigenvalue weighted by Crippen LogP contribution is 2.36. The third kappa shape index (κ3) is 1.92. The fourth-order valence-electron chi connectivity index (χ4n) is 3.03. The Balaban J connectivity index is 2.09. The van der Waals surface area contributed by atoms with E-state index in [2.05, 4.69) is 0 Å². The maximum atomic E-state index is 12.3. The molecule has 0 bridgehead atoms. The number of nitrogens with two attached hydrogens (primary N) is 1. The molecule has 1 saturated heterocycles. The summed E-state index contributed by atoms with van der Waals surface area (Å²) in [6.07, 6.45) is 0.821. The standard InChI is InChI=1S/C14H16N2O4/c15-10-3-1-2-9-8(10)4-5-13(17)16-11(9)6-20-7-12(16)14(18)19/h1-3,11-12H,4-7,15H2,(H,18,19). The van der Waals surface area contributed by atoms with Crippen LogP contribution in [-0.4, -0.2) is 41.1 Å². The van der Waals surface area contributed by atoms with Crippen LogP contribution in [0.25, 0.3) is 0 Å². The molecule has 2 unspecified atom stereocenters. The van der Waals surface area contributed by atoms with Crippen LogP contribution in [-0.2, 0) is 20.7 Å². The number of anilines is 1. The molecular formula is C14H16N2O4. The first-order chi connectivity index (χ1) is 9.59. The number of carbonyl (C=O) groups excluding carboxylic acids is 1. The van der Waals surface area contributed by atoms with Gasteiger partial charge in [0.25, 0.3) is 0 Å². The Morgan fingerprint density at radius 2 is 2.15 bits per heavy atom. The molecule has 20 heavy (non-hydrogen) atoms. The second kappa shape index (κ2) is 4.79. The van der Waals surface area contributed by atoms with Crippen LogP contribution in [0.2, 0.25) is 0 Å². The molecule has 1 fully saturated rings. The van der Waals surface area contributed by atoms with Crippen LogP contribution in [0.15, 0.2) is 18.2 Å². The van der Waals surface area contributed by atoms with Crippen molar-refractivity contribution < 1.29 is 19.4 Å². The van der Waals surface area contributed by atoms with E-state index in [0.29, 0.717) is 18.7 Å². The smallest absolute Gasteiger partial charge is 0.328 e. The van der Waals surface area contributed by atoms with E-state index < -0.39 is 12.0 Å². The van der Waals surface area contributed by atoms with Gasteiger partial charge in [-0.25, -0.2) is 4.79 Å². The number of ether oxygens (including phenoxy) is 1. The number of fused-ring (bicyclic) bond motifs is 3. The maximum Gasteiger partial charge on any atom is 0.328 e. The fraction of sp³-hybridized carbons (Fsp3) is 0.429. The van der Waals surface area contributed by atoms with Crippen LogP contribution < -0.4 is 5.73 Å². The Hall–Kier alpha value is -2.08. The number of aliphatic carboxylic acids is 1. The summed E-state index contributed by atoms with van der Waals surface area (Å²) in [6, 6.07) is 4.24. The molecule has 0 aromatic heterocycles. The molecule has 2 atom stereocenters. The molecule has 0 saturated carbocycles. The zero-order valence-corrected chi connectivity index (χ0v) is 10.9. The van der Waals surface area contributed by atoms with Gasteiger partial charge in [-0.2, -0.15) is 0 Å². The van der Waals surface area contributed by atoms with Crippen molar-refractivity contribution in [2.75, 3.05) is 18.9 Å². The van der Waals surface area contributed by atoms with Crippen molar-refractivity contribution >= 4 is 17.6 Å². The highest BCUT2D eigenvalue weighted by Gasteiger charge is 2.41. The van der Waals surface area contributed by atoms with E-state index in [1.807, 2.05) is 12.1 Å². The van der Waals surface area contributed by atoms with Crippen molar-refractivity contribution in [2.24, 2.45) is 0 Å². The normalized spacial score (nSPS) is 25.6. The highest BCUT2D eigenvalue weighted by atomic mass is 16.5. The lowest BCUT2D eigenvalue weighted by atomic mass is 9.96. The first-order valence-corrected chi connectivity index (χ1v) is 6.58. The zero-order chi connectivity index (χ0) is 14.3. The number of carbonyl (C=O) groups is 2. The lowest BCUT2D eigenvalue weighted by Gasteiger charge is -2.39. The predicted octanol–water partition coefficient (Wildman–Crippen LogP) is 0.568. The zero-order valence-electron chi connectivity index (χ0n) is 10.9. The molecule has 1 amide bonds. The average Bonchev–Trinajstić information content (AvgIpc) is 2.58. The fourth-order valence-corrected chi connectivity index (χ4v) is 3.03. The molecule has 0 radical (unpaired) electrons. The molecule has 6 nitrogen and oxygen atoms in total. The van der Waals surface area contributed by atoms with Crippen LogP contribution in [0.3, 0.4) is 0 Å². The summed E-state index contributed by atoms with van der Waals surface area (Å²) in [6.45, 7) is 0.348. The third-order valence-electron chi connectivity index (χ3n) is 3.99. The van der Waals surface area contributed by atoms with Crippen molar-refractivity contribution in [1.29, 1.82) is 0 Å². The van der Waals surface area contributed by atoms with E-state index >= 15 is 0 Å². The average molecular weight is 276 g/mol. The van der Waals surface area contributed by atoms with Gasteiger partial charge in [-0.05, 0) is 23.6 Å². The Labute approximate surface area is 116 Å². The van der Waals surface area contributed by atoms with Crippen molar-refractivity contribution in [3.63, 3.8) is 0 Å². The van der Waals surface area contributed by atoms with Crippen molar-refractivity contribution in [3.8, 4) is 0 Å². The number of rotatable bonds is 1. The van der Waals surface area contributed by atoms with Gasteiger partial charge in [0.2, 0.25) is 5.91 Å². The molecule has 106 valence electrons. The molecule has 3 rings (SSSR count). The minimum Gasteiger partial charge on any atom is -0.480 e. The van der Waals surface area contributed by atoms with Crippen LogP contribution >= 0.6 is 0 Å². The quantitative estimate of drug-likeness (QED) is 0.731. The van der Waals surface area contributed by atoms with Crippen molar-refractivity contribution in [3.05, 3.63) is 29.3 Å². The molecule has 0 aliphatic carbocycles. The minimum atomic E-state index is -1.03. The molecule has 0 spiro atoms. The first kappa shape index (κ1) is 12.9. The summed E-state index contributed by atoms with van der Waals surface area (Å²) in [5.41, 5.74) is 8.47. The molecule has 3 N–H and O–H groups in total. The topological polar surface area (TPSA) is 92.9 Å². The maximum absolute atomic E-state index is 12.3. The second-order valence-corrected chi connectivity index (χ2v) is 5.12. The number of morpholine rings is 1. The Kier molecular flexibility index (Phi) is 3.10. The summed E-state index contributed by atoms with van der Waals surface area (Å²) >= 11 is 0.